The second-order valence-electron chi connectivity index (χ2n) is 4.26. The summed E-state index contributed by atoms with van der Waals surface area (Å²) in [5.41, 5.74) is 1.17. The van der Waals surface area contributed by atoms with Gasteiger partial charge in [-0.05, 0) is 6.54 Å². The van der Waals surface area contributed by atoms with Crippen molar-refractivity contribution < 1.29 is 4.52 Å². The first-order chi connectivity index (χ1) is 8.72. The molecule has 0 aliphatic heterocycles. The van der Waals surface area contributed by atoms with Gasteiger partial charge in [-0.25, -0.2) is 4.98 Å². The Morgan fingerprint density at radius 3 is 2.72 bits per heavy atom. The summed E-state index contributed by atoms with van der Waals surface area (Å²) < 4.78 is 7.23. The van der Waals surface area contributed by atoms with Crippen molar-refractivity contribution in [2.75, 3.05) is 6.54 Å². The summed E-state index contributed by atoms with van der Waals surface area (Å²) in [6.45, 7) is 6.57. The lowest BCUT2D eigenvalue weighted by molar-refractivity contribution is 0.224. The van der Waals surface area contributed by atoms with Crippen molar-refractivity contribution in [3.63, 3.8) is 0 Å². The smallest absolute Gasteiger partial charge is 0.240 e. The highest BCUT2D eigenvalue weighted by Crippen LogP contribution is 2.08. The highest BCUT2D eigenvalue weighted by Gasteiger charge is 2.12. The first-order valence-corrected chi connectivity index (χ1v) is 6.22. The molecule has 2 heterocycles. The monoisotopic (exact) mass is 249 g/mol. The molecule has 0 amide bonds. The van der Waals surface area contributed by atoms with Crippen LogP contribution in [0.2, 0.25) is 0 Å². The molecule has 0 fully saturated rings. The molecular weight excluding hydrogens is 230 g/mol. The van der Waals surface area contributed by atoms with Gasteiger partial charge in [-0.3, -0.25) is 4.90 Å². The lowest BCUT2D eigenvalue weighted by atomic mass is 10.4. The van der Waals surface area contributed by atoms with E-state index in [1.807, 2.05) is 31.1 Å². The molecule has 98 valence electrons. The fraction of sp³-hybridized carbons (Fsp3) is 0.583. The normalized spacial score (nSPS) is 11.3. The summed E-state index contributed by atoms with van der Waals surface area (Å²) in [4.78, 5) is 10.7. The van der Waals surface area contributed by atoms with Gasteiger partial charge >= 0.3 is 0 Å². The van der Waals surface area contributed by atoms with Crippen LogP contribution in [-0.4, -0.2) is 31.1 Å². The predicted molar refractivity (Wildman–Crippen MR) is 66.7 cm³/mol. The van der Waals surface area contributed by atoms with Crippen molar-refractivity contribution in [2.24, 2.45) is 7.05 Å². The molecule has 0 unspecified atom stereocenters. The Morgan fingerprint density at radius 2 is 2.17 bits per heavy atom. The third-order valence-corrected chi connectivity index (χ3v) is 2.93. The molecule has 2 aromatic rings. The number of aromatic nitrogens is 4. The SMILES string of the molecule is CCc1noc(CN(CC)Cc2cncn2C)n1. The minimum Gasteiger partial charge on any atom is -0.338 e. The van der Waals surface area contributed by atoms with E-state index in [1.165, 1.54) is 5.69 Å². The van der Waals surface area contributed by atoms with Crippen LogP contribution >= 0.6 is 0 Å². The molecule has 2 aromatic heterocycles. The highest BCUT2D eigenvalue weighted by molar-refractivity contribution is 4.97. The van der Waals surface area contributed by atoms with Gasteiger partial charge in [0.2, 0.25) is 5.89 Å². The maximum Gasteiger partial charge on any atom is 0.240 e. The summed E-state index contributed by atoms with van der Waals surface area (Å²) in [7, 11) is 2.00. The third-order valence-electron chi connectivity index (χ3n) is 2.93. The molecule has 0 aliphatic carbocycles. The average Bonchev–Trinajstić information content (AvgIpc) is 2.98. The number of aryl methyl sites for hydroxylation is 2. The van der Waals surface area contributed by atoms with Crippen molar-refractivity contribution >= 4 is 0 Å². The first kappa shape index (κ1) is 12.8. The molecule has 0 radical (unpaired) electrons. The minimum atomic E-state index is 0.675. The highest BCUT2D eigenvalue weighted by atomic mass is 16.5. The van der Waals surface area contributed by atoms with Gasteiger partial charge in [0.25, 0.3) is 0 Å². The van der Waals surface area contributed by atoms with Crippen molar-refractivity contribution in [1.82, 2.24) is 24.6 Å². The molecule has 0 atom stereocenters. The van der Waals surface area contributed by atoms with Crippen molar-refractivity contribution in [2.45, 2.75) is 33.4 Å². The Labute approximate surface area is 107 Å². The van der Waals surface area contributed by atoms with E-state index >= 15 is 0 Å². The van der Waals surface area contributed by atoms with Crippen LogP contribution in [0, 0.1) is 0 Å². The standard InChI is InChI=1S/C12H19N5O/c1-4-11-14-12(18-15-11)8-17(5-2)7-10-6-13-9-16(10)3/h6,9H,4-5,7-8H2,1-3H3. The van der Waals surface area contributed by atoms with E-state index in [-0.39, 0.29) is 0 Å². The molecule has 0 aromatic carbocycles. The fourth-order valence-electron chi connectivity index (χ4n) is 1.73. The molecule has 0 spiro atoms. The number of rotatable bonds is 6. The van der Waals surface area contributed by atoms with Crippen LogP contribution in [0.3, 0.4) is 0 Å². The van der Waals surface area contributed by atoms with Crippen LogP contribution in [0.1, 0.15) is 31.3 Å². The van der Waals surface area contributed by atoms with Crippen LogP contribution < -0.4 is 0 Å². The minimum absolute atomic E-state index is 0.675. The Balaban J connectivity index is 1.99. The number of imidazole rings is 1. The zero-order chi connectivity index (χ0) is 13.0. The van der Waals surface area contributed by atoms with Crippen LogP contribution in [0.25, 0.3) is 0 Å². The van der Waals surface area contributed by atoms with Crippen LogP contribution in [-0.2, 0) is 26.6 Å². The molecule has 0 aliphatic rings. The van der Waals surface area contributed by atoms with E-state index in [2.05, 4.69) is 26.9 Å². The lowest BCUT2D eigenvalue weighted by Gasteiger charge is -2.17. The largest absolute Gasteiger partial charge is 0.338 e. The fourth-order valence-corrected chi connectivity index (χ4v) is 1.73. The van der Waals surface area contributed by atoms with Crippen LogP contribution in [0.15, 0.2) is 17.0 Å². The zero-order valence-electron chi connectivity index (χ0n) is 11.1. The van der Waals surface area contributed by atoms with E-state index in [1.54, 1.807) is 0 Å². The van der Waals surface area contributed by atoms with E-state index in [0.29, 0.717) is 12.4 Å². The molecular formula is C12H19N5O. The van der Waals surface area contributed by atoms with Gasteiger partial charge in [0.1, 0.15) is 0 Å². The summed E-state index contributed by atoms with van der Waals surface area (Å²) in [6, 6.07) is 0. The Bertz CT molecular complexity index is 490. The Hall–Kier alpha value is -1.69. The second-order valence-corrected chi connectivity index (χ2v) is 4.26. The molecule has 6 nitrogen and oxygen atoms in total. The summed E-state index contributed by atoms with van der Waals surface area (Å²) in [5, 5.41) is 3.91. The van der Waals surface area contributed by atoms with Crippen LogP contribution in [0.4, 0.5) is 0 Å². The van der Waals surface area contributed by atoms with Gasteiger partial charge in [0.05, 0.1) is 18.6 Å². The number of hydrogen-bond donors (Lipinski definition) is 0. The van der Waals surface area contributed by atoms with Crippen molar-refractivity contribution in [3.05, 3.63) is 29.9 Å². The van der Waals surface area contributed by atoms with E-state index in [0.717, 1.165) is 25.3 Å². The molecule has 0 saturated heterocycles. The summed E-state index contributed by atoms with van der Waals surface area (Å²) >= 11 is 0. The molecule has 2 rings (SSSR count). The molecule has 18 heavy (non-hydrogen) atoms. The van der Waals surface area contributed by atoms with Crippen LogP contribution in [0.5, 0.6) is 0 Å². The topological polar surface area (TPSA) is 60.0 Å². The number of nitrogens with zero attached hydrogens (tertiary/aromatic N) is 5. The molecule has 0 N–H and O–H groups in total. The van der Waals surface area contributed by atoms with Gasteiger partial charge < -0.3 is 9.09 Å². The lowest BCUT2D eigenvalue weighted by Crippen LogP contribution is -2.23. The Morgan fingerprint density at radius 1 is 1.33 bits per heavy atom. The maximum atomic E-state index is 5.21. The summed E-state index contributed by atoms with van der Waals surface area (Å²) in [6.07, 6.45) is 4.50. The van der Waals surface area contributed by atoms with E-state index in [4.69, 9.17) is 4.52 Å². The first-order valence-electron chi connectivity index (χ1n) is 6.22. The van der Waals surface area contributed by atoms with Crippen molar-refractivity contribution in [3.8, 4) is 0 Å². The second kappa shape index (κ2) is 5.77. The van der Waals surface area contributed by atoms with Gasteiger partial charge in [-0.2, -0.15) is 4.98 Å². The quantitative estimate of drug-likeness (QED) is 0.774. The van der Waals surface area contributed by atoms with Gasteiger partial charge in [-0.15, -0.1) is 0 Å². The van der Waals surface area contributed by atoms with E-state index < -0.39 is 0 Å². The predicted octanol–water partition coefficient (Wildman–Crippen LogP) is 1.39. The Kier molecular flexibility index (Phi) is 4.09. The van der Waals surface area contributed by atoms with Gasteiger partial charge in [-0.1, -0.05) is 19.0 Å². The molecule has 0 saturated carbocycles. The van der Waals surface area contributed by atoms with Gasteiger partial charge in [0, 0.05) is 26.2 Å². The van der Waals surface area contributed by atoms with Gasteiger partial charge in [0.15, 0.2) is 5.82 Å². The maximum absolute atomic E-state index is 5.21. The third kappa shape index (κ3) is 2.95. The number of hydrogen-bond acceptors (Lipinski definition) is 5. The molecule has 0 bridgehead atoms. The molecule has 6 heteroatoms. The zero-order valence-corrected chi connectivity index (χ0v) is 11.1. The summed E-state index contributed by atoms with van der Waals surface area (Å²) in [5.74, 6) is 1.44. The van der Waals surface area contributed by atoms with Crippen molar-refractivity contribution in [1.29, 1.82) is 0 Å². The van der Waals surface area contributed by atoms with E-state index in [9.17, 15) is 0 Å². The average molecular weight is 249 g/mol.